The van der Waals surface area contributed by atoms with E-state index in [2.05, 4.69) is 15.4 Å². The molecule has 0 bridgehead atoms. The molecule has 1 fully saturated rings. The lowest BCUT2D eigenvalue weighted by Crippen LogP contribution is -2.53. The summed E-state index contributed by atoms with van der Waals surface area (Å²) in [6.45, 7) is 2.51. The minimum Gasteiger partial charge on any atom is -0.339 e. The van der Waals surface area contributed by atoms with E-state index in [9.17, 15) is 9.59 Å². The highest BCUT2D eigenvalue weighted by Crippen LogP contribution is 2.21. The monoisotopic (exact) mass is 352 g/mol. The highest BCUT2D eigenvalue weighted by atomic mass is 16.2. The van der Waals surface area contributed by atoms with Crippen molar-refractivity contribution >= 4 is 23.3 Å². The Balaban J connectivity index is 1.52. The number of pyridine rings is 1. The molecule has 0 saturated carbocycles. The highest BCUT2D eigenvalue weighted by molar-refractivity contribution is 6.02. The van der Waals surface area contributed by atoms with Gasteiger partial charge in [-0.05, 0) is 31.9 Å². The van der Waals surface area contributed by atoms with Crippen LogP contribution in [0.2, 0.25) is 0 Å². The smallest absolute Gasteiger partial charge is 0.272 e. The predicted molar refractivity (Wildman–Crippen MR) is 96.0 cm³/mol. The maximum atomic E-state index is 12.9. The number of carbonyl (C=O) groups excluding carboxylic acids is 2. The molecule has 3 aromatic heterocycles. The number of aryl methyl sites for hydroxylation is 2. The number of fused-ring (bicyclic) bond motifs is 1. The SMILES string of the molecule is Cc1cc(N2CCCC(NC(=O)c3cn4ccccc4n3)C2=O)n(C)n1. The van der Waals surface area contributed by atoms with E-state index in [1.807, 2.05) is 44.4 Å². The van der Waals surface area contributed by atoms with E-state index >= 15 is 0 Å². The Bertz CT molecular complexity index is 956. The van der Waals surface area contributed by atoms with Gasteiger partial charge in [-0.3, -0.25) is 19.2 Å². The Kier molecular flexibility index (Phi) is 3.95. The quantitative estimate of drug-likeness (QED) is 0.770. The van der Waals surface area contributed by atoms with Gasteiger partial charge < -0.3 is 9.72 Å². The molecule has 0 aliphatic carbocycles. The lowest BCUT2D eigenvalue weighted by atomic mass is 10.0. The molecule has 26 heavy (non-hydrogen) atoms. The molecule has 1 N–H and O–H groups in total. The third kappa shape index (κ3) is 2.83. The van der Waals surface area contributed by atoms with Gasteiger partial charge in [-0.15, -0.1) is 0 Å². The molecule has 134 valence electrons. The molecule has 1 unspecified atom stereocenters. The third-order valence-corrected chi connectivity index (χ3v) is 4.59. The number of hydrogen-bond acceptors (Lipinski definition) is 4. The predicted octanol–water partition coefficient (Wildman–Crippen LogP) is 1.30. The van der Waals surface area contributed by atoms with Crippen molar-refractivity contribution in [2.75, 3.05) is 11.4 Å². The first-order chi connectivity index (χ1) is 12.5. The number of nitrogens with zero attached hydrogens (tertiary/aromatic N) is 5. The van der Waals surface area contributed by atoms with Crippen molar-refractivity contribution in [2.45, 2.75) is 25.8 Å². The Labute approximate surface area is 150 Å². The van der Waals surface area contributed by atoms with Gasteiger partial charge in [0.05, 0.1) is 5.69 Å². The second kappa shape index (κ2) is 6.29. The number of amides is 2. The standard InChI is InChI=1S/C18H20N6O2/c1-12-10-16(22(2)21-12)24-9-5-6-13(18(24)26)20-17(25)14-11-23-8-4-3-7-15(23)19-14/h3-4,7-8,10-11,13H,5-6,9H2,1-2H3,(H,20,25). The molecule has 0 aromatic carbocycles. The number of piperidine rings is 1. The largest absolute Gasteiger partial charge is 0.339 e. The minimum atomic E-state index is -0.559. The number of nitrogens with one attached hydrogen (secondary N) is 1. The fourth-order valence-corrected chi connectivity index (χ4v) is 3.36. The van der Waals surface area contributed by atoms with Crippen molar-refractivity contribution in [3.8, 4) is 0 Å². The molecule has 3 aromatic rings. The fraction of sp³-hybridized carbons (Fsp3) is 0.333. The summed E-state index contributed by atoms with van der Waals surface area (Å²) in [6.07, 6.45) is 4.93. The topological polar surface area (TPSA) is 84.5 Å². The lowest BCUT2D eigenvalue weighted by molar-refractivity contribution is -0.121. The number of rotatable bonds is 3. The van der Waals surface area contributed by atoms with Crippen LogP contribution in [0.3, 0.4) is 0 Å². The summed E-state index contributed by atoms with van der Waals surface area (Å²) in [5, 5.41) is 7.14. The molecule has 2 amide bonds. The average molecular weight is 352 g/mol. The molecule has 8 heteroatoms. The molecular weight excluding hydrogens is 332 g/mol. The van der Waals surface area contributed by atoms with Crippen LogP contribution in [-0.2, 0) is 11.8 Å². The first kappa shape index (κ1) is 16.3. The molecule has 1 aliphatic heterocycles. The second-order valence-corrected chi connectivity index (χ2v) is 6.52. The number of hydrogen-bond donors (Lipinski definition) is 1. The van der Waals surface area contributed by atoms with Crippen LogP contribution in [0.5, 0.6) is 0 Å². The van der Waals surface area contributed by atoms with Crippen molar-refractivity contribution in [3.05, 3.63) is 48.0 Å². The molecule has 4 heterocycles. The Morgan fingerprint density at radius 2 is 2.19 bits per heavy atom. The van der Waals surface area contributed by atoms with E-state index in [0.29, 0.717) is 24.3 Å². The van der Waals surface area contributed by atoms with E-state index in [-0.39, 0.29) is 11.8 Å². The van der Waals surface area contributed by atoms with Crippen molar-refractivity contribution in [1.29, 1.82) is 0 Å². The first-order valence-electron chi connectivity index (χ1n) is 8.59. The van der Waals surface area contributed by atoms with E-state index in [4.69, 9.17) is 0 Å². The zero-order valence-electron chi connectivity index (χ0n) is 14.7. The molecule has 4 rings (SSSR count). The number of carbonyl (C=O) groups is 2. The lowest BCUT2D eigenvalue weighted by Gasteiger charge is -2.32. The zero-order valence-corrected chi connectivity index (χ0v) is 14.7. The summed E-state index contributed by atoms with van der Waals surface area (Å²) < 4.78 is 3.47. The molecule has 0 radical (unpaired) electrons. The zero-order chi connectivity index (χ0) is 18.3. The summed E-state index contributed by atoms with van der Waals surface area (Å²) in [5.74, 6) is 0.297. The van der Waals surface area contributed by atoms with Crippen LogP contribution in [0.15, 0.2) is 36.7 Å². The van der Waals surface area contributed by atoms with Gasteiger partial charge in [0, 0.05) is 32.1 Å². The molecule has 0 spiro atoms. The van der Waals surface area contributed by atoms with Crippen LogP contribution in [0, 0.1) is 6.92 Å². The molecule has 1 saturated heterocycles. The van der Waals surface area contributed by atoms with Gasteiger partial charge in [0.15, 0.2) is 0 Å². The third-order valence-electron chi connectivity index (χ3n) is 4.59. The highest BCUT2D eigenvalue weighted by Gasteiger charge is 2.32. The van der Waals surface area contributed by atoms with Crippen molar-refractivity contribution in [1.82, 2.24) is 24.5 Å². The second-order valence-electron chi connectivity index (χ2n) is 6.52. The van der Waals surface area contributed by atoms with Gasteiger partial charge in [-0.25, -0.2) is 4.98 Å². The molecule has 1 aliphatic rings. The maximum Gasteiger partial charge on any atom is 0.272 e. The van der Waals surface area contributed by atoms with E-state index in [1.165, 1.54) is 0 Å². The maximum absolute atomic E-state index is 12.9. The average Bonchev–Trinajstić information content (AvgIpc) is 3.19. The van der Waals surface area contributed by atoms with Crippen molar-refractivity contribution in [2.24, 2.45) is 7.05 Å². The summed E-state index contributed by atoms with van der Waals surface area (Å²) >= 11 is 0. The van der Waals surface area contributed by atoms with E-state index < -0.39 is 6.04 Å². The van der Waals surface area contributed by atoms with Gasteiger partial charge in [0.2, 0.25) is 0 Å². The van der Waals surface area contributed by atoms with Crippen LogP contribution >= 0.6 is 0 Å². The summed E-state index contributed by atoms with van der Waals surface area (Å²) in [5.41, 5.74) is 1.85. The summed E-state index contributed by atoms with van der Waals surface area (Å²) in [6, 6.07) is 6.88. The number of anilines is 1. The Morgan fingerprint density at radius 3 is 2.92 bits per heavy atom. The fourth-order valence-electron chi connectivity index (χ4n) is 3.36. The van der Waals surface area contributed by atoms with Gasteiger partial charge in [-0.2, -0.15) is 5.10 Å². The van der Waals surface area contributed by atoms with Gasteiger partial charge >= 0.3 is 0 Å². The van der Waals surface area contributed by atoms with Crippen molar-refractivity contribution in [3.63, 3.8) is 0 Å². The van der Waals surface area contributed by atoms with Crippen LogP contribution in [0.1, 0.15) is 29.0 Å². The minimum absolute atomic E-state index is 0.114. The summed E-state index contributed by atoms with van der Waals surface area (Å²) in [7, 11) is 1.81. The van der Waals surface area contributed by atoms with Crippen LogP contribution in [0.25, 0.3) is 5.65 Å². The normalized spacial score (nSPS) is 17.7. The first-order valence-corrected chi connectivity index (χ1v) is 8.59. The van der Waals surface area contributed by atoms with Crippen LogP contribution < -0.4 is 10.2 Å². The number of imidazole rings is 1. The van der Waals surface area contributed by atoms with Gasteiger partial charge in [-0.1, -0.05) is 6.07 Å². The Morgan fingerprint density at radius 1 is 1.35 bits per heavy atom. The van der Waals surface area contributed by atoms with E-state index in [1.54, 1.807) is 20.2 Å². The van der Waals surface area contributed by atoms with Crippen molar-refractivity contribution < 1.29 is 9.59 Å². The molecule has 8 nitrogen and oxygen atoms in total. The van der Waals surface area contributed by atoms with Gasteiger partial charge in [0.1, 0.15) is 23.2 Å². The van der Waals surface area contributed by atoms with Crippen LogP contribution in [0.4, 0.5) is 5.82 Å². The molecular formula is C18H20N6O2. The Hall–Kier alpha value is -3.16. The van der Waals surface area contributed by atoms with Gasteiger partial charge in [0.25, 0.3) is 11.8 Å². The van der Waals surface area contributed by atoms with E-state index in [0.717, 1.165) is 17.9 Å². The number of aromatic nitrogens is 4. The molecule has 1 atom stereocenters. The summed E-state index contributed by atoms with van der Waals surface area (Å²) in [4.78, 5) is 31.4. The van der Waals surface area contributed by atoms with Crippen LogP contribution in [-0.4, -0.2) is 43.6 Å².